The van der Waals surface area contributed by atoms with E-state index >= 15 is 0 Å². The third kappa shape index (κ3) is 5.80. The lowest BCUT2D eigenvalue weighted by Crippen LogP contribution is -2.37. The Morgan fingerprint density at radius 2 is 1.88 bits per heavy atom. The molecule has 25 heavy (non-hydrogen) atoms. The third-order valence-corrected chi connectivity index (χ3v) is 4.50. The van der Waals surface area contributed by atoms with Gasteiger partial charge in [-0.15, -0.1) is 0 Å². The van der Waals surface area contributed by atoms with Gasteiger partial charge in [-0.1, -0.05) is 37.6 Å². The van der Waals surface area contributed by atoms with E-state index in [0.717, 1.165) is 29.9 Å². The van der Waals surface area contributed by atoms with E-state index in [1.54, 1.807) is 16.8 Å². The topological polar surface area (TPSA) is 33.1 Å². The van der Waals surface area contributed by atoms with Gasteiger partial charge in [0.2, 0.25) is 0 Å². The van der Waals surface area contributed by atoms with Crippen molar-refractivity contribution in [1.29, 1.82) is 0 Å². The van der Waals surface area contributed by atoms with Crippen LogP contribution in [0, 0.1) is 18.2 Å². The fraction of sp³-hybridized carbons (Fsp3) is 0.526. The third-order valence-electron chi connectivity index (χ3n) is 4.08. The SMILES string of the molecule is Cc1nn(Cc2ccc(F)cc2)c(Cl)c1CNCC(C)(C)CN(C)C. The number of hydrogen-bond acceptors (Lipinski definition) is 3. The molecule has 2 rings (SSSR count). The number of rotatable bonds is 8. The van der Waals surface area contributed by atoms with E-state index in [-0.39, 0.29) is 11.2 Å². The van der Waals surface area contributed by atoms with Crippen LogP contribution >= 0.6 is 11.6 Å². The summed E-state index contributed by atoms with van der Waals surface area (Å²) < 4.78 is 14.8. The van der Waals surface area contributed by atoms with Crippen LogP contribution in [0.3, 0.4) is 0 Å². The van der Waals surface area contributed by atoms with Crippen molar-refractivity contribution < 1.29 is 4.39 Å². The predicted octanol–water partition coefficient (Wildman–Crippen LogP) is 3.71. The van der Waals surface area contributed by atoms with Crippen molar-refractivity contribution in [3.63, 3.8) is 0 Å². The van der Waals surface area contributed by atoms with Crippen LogP contribution in [0.4, 0.5) is 4.39 Å². The smallest absolute Gasteiger partial charge is 0.132 e. The highest BCUT2D eigenvalue weighted by Crippen LogP contribution is 2.22. The van der Waals surface area contributed by atoms with E-state index < -0.39 is 0 Å². The van der Waals surface area contributed by atoms with E-state index in [0.29, 0.717) is 18.2 Å². The number of hydrogen-bond donors (Lipinski definition) is 1. The van der Waals surface area contributed by atoms with Gasteiger partial charge in [0.05, 0.1) is 12.2 Å². The highest BCUT2D eigenvalue weighted by atomic mass is 35.5. The van der Waals surface area contributed by atoms with Gasteiger partial charge in [0, 0.05) is 25.2 Å². The molecular formula is C19H28ClFN4. The molecule has 0 aliphatic heterocycles. The monoisotopic (exact) mass is 366 g/mol. The molecule has 0 fully saturated rings. The Morgan fingerprint density at radius 1 is 1.24 bits per heavy atom. The summed E-state index contributed by atoms with van der Waals surface area (Å²) in [6.45, 7) is 9.57. The Kier molecular flexibility index (Phi) is 6.60. The van der Waals surface area contributed by atoms with Crippen molar-refractivity contribution in [3.05, 3.63) is 52.1 Å². The molecule has 0 saturated heterocycles. The molecule has 0 spiro atoms. The molecule has 0 saturated carbocycles. The first-order valence-electron chi connectivity index (χ1n) is 8.49. The van der Waals surface area contributed by atoms with Gasteiger partial charge in [-0.3, -0.25) is 0 Å². The highest BCUT2D eigenvalue weighted by Gasteiger charge is 2.19. The summed E-state index contributed by atoms with van der Waals surface area (Å²) in [7, 11) is 4.17. The van der Waals surface area contributed by atoms with E-state index in [1.807, 2.05) is 6.92 Å². The van der Waals surface area contributed by atoms with Gasteiger partial charge in [0.1, 0.15) is 11.0 Å². The molecule has 0 amide bonds. The molecule has 0 bridgehead atoms. The number of nitrogens with one attached hydrogen (secondary N) is 1. The second kappa shape index (κ2) is 8.30. The summed E-state index contributed by atoms with van der Waals surface area (Å²) in [6.07, 6.45) is 0. The normalized spacial score (nSPS) is 12.2. The minimum absolute atomic E-state index is 0.175. The minimum atomic E-state index is -0.239. The molecule has 0 unspecified atom stereocenters. The van der Waals surface area contributed by atoms with Gasteiger partial charge in [-0.2, -0.15) is 5.10 Å². The predicted molar refractivity (Wildman–Crippen MR) is 102 cm³/mol. The second-order valence-electron chi connectivity index (χ2n) is 7.64. The van der Waals surface area contributed by atoms with Crippen LogP contribution < -0.4 is 5.32 Å². The summed E-state index contributed by atoms with van der Waals surface area (Å²) in [4.78, 5) is 2.20. The Labute approximate surface area is 155 Å². The molecule has 138 valence electrons. The summed E-state index contributed by atoms with van der Waals surface area (Å²) >= 11 is 6.52. The van der Waals surface area contributed by atoms with Crippen LogP contribution in [0.25, 0.3) is 0 Å². The van der Waals surface area contributed by atoms with Gasteiger partial charge in [0.15, 0.2) is 0 Å². The van der Waals surface area contributed by atoms with Crippen molar-refractivity contribution in [2.45, 2.75) is 33.9 Å². The van der Waals surface area contributed by atoms with Crippen LogP contribution in [-0.4, -0.2) is 41.9 Å². The van der Waals surface area contributed by atoms with Crippen molar-refractivity contribution in [3.8, 4) is 0 Å². The Morgan fingerprint density at radius 3 is 2.48 bits per heavy atom. The first-order valence-corrected chi connectivity index (χ1v) is 8.87. The number of nitrogens with zero attached hydrogens (tertiary/aromatic N) is 3. The molecule has 1 N–H and O–H groups in total. The summed E-state index contributed by atoms with van der Waals surface area (Å²) in [6, 6.07) is 6.42. The zero-order chi connectivity index (χ0) is 18.6. The molecule has 1 aromatic carbocycles. The molecule has 1 heterocycles. The molecule has 6 heteroatoms. The lowest BCUT2D eigenvalue weighted by atomic mass is 9.93. The first kappa shape index (κ1) is 19.9. The van der Waals surface area contributed by atoms with E-state index in [2.05, 4.69) is 43.3 Å². The van der Waals surface area contributed by atoms with Crippen LogP contribution in [-0.2, 0) is 13.1 Å². The van der Waals surface area contributed by atoms with Crippen LogP contribution in [0.15, 0.2) is 24.3 Å². The van der Waals surface area contributed by atoms with E-state index in [1.165, 1.54) is 12.1 Å². The van der Waals surface area contributed by atoms with Crippen LogP contribution in [0.2, 0.25) is 5.15 Å². The van der Waals surface area contributed by atoms with Crippen molar-refractivity contribution in [2.75, 3.05) is 27.2 Å². The van der Waals surface area contributed by atoms with Gasteiger partial charge in [0.25, 0.3) is 0 Å². The number of aryl methyl sites for hydroxylation is 1. The van der Waals surface area contributed by atoms with Crippen molar-refractivity contribution >= 4 is 11.6 Å². The molecular weight excluding hydrogens is 339 g/mol. The Balaban J connectivity index is 2.00. The van der Waals surface area contributed by atoms with Crippen LogP contribution in [0.5, 0.6) is 0 Å². The van der Waals surface area contributed by atoms with Gasteiger partial charge in [-0.05, 0) is 44.1 Å². The van der Waals surface area contributed by atoms with E-state index in [4.69, 9.17) is 11.6 Å². The zero-order valence-corrected chi connectivity index (χ0v) is 16.5. The lowest BCUT2D eigenvalue weighted by molar-refractivity contribution is 0.232. The summed E-state index contributed by atoms with van der Waals surface area (Å²) in [5, 5.41) is 8.67. The second-order valence-corrected chi connectivity index (χ2v) is 8.00. The standard InChI is InChI=1S/C19H28ClFN4/c1-14-17(10-22-12-19(2,3)13-24(4)5)18(20)25(23-14)11-15-6-8-16(21)9-7-15/h6-9,22H,10-13H2,1-5H3. The quantitative estimate of drug-likeness (QED) is 0.773. The summed E-state index contributed by atoms with van der Waals surface area (Å²) in [5.41, 5.74) is 3.08. The fourth-order valence-electron chi connectivity index (χ4n) is 3.10. The Hall–Kier alpha value is -1.43. The lowest BCUT2D eigenvalue weighted by Gasteiger charge is -2.28. The number of halogens is 2. The molecule has 0 aliphatic carbocycles. The maximum atomic E-state index is 13.0. The van der Waals surface area contributed by atoms with Crippen molar-refractivity contribution in [2.24, 2.45) is 5.41 Å². The molecule has 4 nitrogen and oxygen atoms in total. The molecule has 2 aromatic rings. The number of benzene rings is 1. The van der Waals surface area contributed by atoms with Crippen molar-refractivity contribution in [1.82, 2.24) is 20.0 Å². The average Bonchev–Trinajstić information content (AvgIpc) is 2.75. The molecule has 0 radical (unpaired) electrons. The summed E-state index contributed by atoms with van der Waals surface area (Å²) in [5.74, 6) is -0.239. The maximum Gasteiger partial charge on any atom is 0.132 e. The zero-order valence-electron chi connectivity index (χ0n) is 15.7. The molecule has 1 aromatic heterocycles. The average molecular weight is 367 g/mol. The first-order chi connectivity index (χ1) is 11.7. The maximum absolute atomic E-state index is 13.0. The van der Waals surface area contributed by atoms with E-state index in [9.17, 15) is 4.39 Å². The number of aromatic nitrogens is 2. The fourth-order valence-corrected chi connectivity index (χ4v) is 3.40. The van der Waals surface area contributed by atoms with Gasteiger partial charge < -0.3 is 10.2 Å². The minimum Gasteiger partial charge on any atom is -0.312 e. The largest absolute Gasteiger partial charge is 0.312 e. The van der Waals surface area contributed by atoms with Gasteiger partial charge in [-0.25, -0.2) is 9.07 Å². The van der Waals surface area contributed by atoms with Gasteiger partial charge >= 0.3 is 0 Å². The molecule has 0 aliphatic rings. The highest BCUT2D eigenvalue weighted by molar-refractivity contribution is 6.30. The van der Waals surface area contributed by atoms with Crippen LogP contribution in [0.1, 0.15) is 30.7 Å². The molecule has 0 atom stereocenters. The Bertz CT molecular complexity index is 692.